The fraction of sp³-hybridized carbons (Fsp3) is 0.462. The third kappa shape index (κ3) is 2.45. The standard InChI is InChI=1S/C13H17ClN2O/c1-10-5-3-6-11-13(10)16(7-4-8-17-2)12(9-14)15-11/h3,5-6H,4,7-9H2,1-2H3. The molecule has 17 heavy (non-hydrogen) atoms. The van der Waals surface area contributed by atoms with Crippen LogP contribution in [-0.4, -0.2) is 23.3 Å². The Morgan fingerprint density at radius 3 is 2.94 bits per heavy atom. The van der Waals surface area contributed by atoms with Gasteiger partial charge >= 0.3 is 0 Å². The third-order valence-electron chi connectivity index (χ3n) is 2.90. The SMILES string of the molecule is COCCCn1c(CCl)nc2cccc(C)c21. The Morgan fingerprint density at radius 2 is 2.24 bits per heavy atom. The van der Waals surface area contributed by atoms with Crippen molar-refractivity contribution in [3.8, 4) is 0 Å². The average Bonchev–Trinajstić information content (AvgIpc) is 2.69. The largest absolute Gasteiger partial charge is 0.385 e. The van der Waals surface area contributed by atoms with Crippen molar-refractivity contribution in [3.05, 3.63) is 29.6 Å². The zero-order valence-corrected chi connectivity index (χ0v) is 11.0. The lowest BCUT2D eigenvalue weighted by atomic mass is 10.2. The Balaban J connectivity index is 2.42. The average molecular weight is 253 g/mol. The van der Waals surface area contributed by atoms with Gasteiger partial charge in [0.25, 0.3) is 0 Å². The van der Waals surface area contributed by atoms with Gasteiger partial charge in [-0.15, -0.1) is 11.6 Å². The van der Waals surface area contributed by atoms with Gasteiger partial charge in [0.1, 0.15) is 5.82 Å². The molecule has 0 saturated heterocycles. The van der Waals surface area contributed by atoms with E-state index in [0.717, 1.165) is 30.9 Å². The van der Waals surface area contributed by atoms with Crippen molar-refractivity contribution in [2.24, 2.45) is 0 Å². The molecule has 3 nitrogen and oxygen atoms in total. The van der Waals surface area contributed by atoms with E-state index in [1.54, 1.807) is 7.11 Å². The van der Waals surface area contributed by atoms with Crippen molar-refractivity contribution in [2.75, 3.05) is 13.7 Å². The van der Waals surface area contributed by atoms with Crippen LogP contribution in [0.4, 0.5) is 0 Å². The van der Waals surface area contributed by atoms with Crippen molar-refractivity contribution >= 4 is 22.6 Å². The summed E-state index contributed by atoms with van der Waals surface area (Å²) in [5, 5.41) is 0. The third-order valence-corrected chi connectivity index (χ3v) is 3.14. The lowest BCUT2D eigenvalue weighted by Crippen LogP contribution is -2.05. The Labute approximate surface area is 106 Å². The van der Waals surface area contributed by atoms with Gasteiger partial charge in [-0.25, -0.2) is 4.98 Å². The number of fused-ring (bicyclic) bond motifs is 1. The number of hydrogen-bond donors (Lipinski definition) is 0. The number of halogens is 1. The number of nitrogens with zero attached hydrogens (tertiary/aromatic N) is 2. The molecule has 4 heteroatoms. The molecule has 0 atom stereocenters. The molecule has 0 spiro atoms. The number of ether oxygens (including phenoxy) is 1. The molecule has 92 valence electrons. The van der Waals surface area contributed by atoms with E-state index in [1.807, 2.05) is 12.1 Å². The Bertz CT molecular complexity index is 507. The second-order valence-electron chi connectivity index (χ2n) is 4.10. The molecule has 0 amide bonds. The van der Waals surface area contributed by atoms with Gasteiger partial charge in [-0.3, -0.25) is 0 Å². The highest BCUT2D eigenvalue weighted by Crippen LogP contribution is 2.21. The first kappa shape index (κ1) is 12.4. The molecular formula is C13H17ClN2O. The summed E-state index contributed by atoms with van der Waals surface area (Å²) in [5.41, 5.74) is 3.46. The van der Waals surface area contributed by atoms with Crippen molar-refractivity contribution in [3.63, 3.8) is 0 Å². The number of rotatable bonds is 5. The first-order chi connectivity index (χ1) is 8.27. The van der Waals surface area contributed by atoms with Crippen LogP contribution in [0.3, 0.4) is 0 Å². The number of aromatic nitrogens is 2. The van der Waals surface area contributed by atoms with Gasteiger partial charge in [0.05, 0.1) is 16.9 Å². The second kappa shape index (κ2) is 5.52. The molecule has 0 aliphatic heterocycles. The first-order valence-corrected chi connectivity index (χ1v) is 6.31. The number of hydrogen-bond acceptors (Lipinski definition) is 2. The van der Waals surface area contributed by atoms with E-state index in [0.29, 0.717) is 5.88 Å². The van der Waals surface area contributed by atoms with E-state index >= 15 is 0 Å². The molecule has 2 rings (SSSR count). The van der Waals surface area contributed by atoms with Crippen molar-refractivity contribution in [1.29, 1.82) is 0 Å². The summed E-state index contributed by atoms with van der Waals surface area (Å²) in [6.45, 7) is 3.76. The summed E-state index contributed by atoms with van der Waals surface area (Å²) >= 11 is 5.95. The molecule has 0 saturated carbocycles. The molecule has 1 aromatic carbocycles. The van der Waals surface area contributed by atoms with Crippen molar-refractivity contribution < 1.29 is 4.74 Å². The van der Waals surface area contributed by atoms with Crippen LogP contribution in [0.2, 0.25) is 0 Å². The van der Waals surface area contributed by atoms with Crippen molar-refractivity contribution in [2.45, 2.75) is 25.8 Å². The number of alkyl halides is 1. The van der Waals surface area contributed by atoms with Crippen LogP contribution < -0.4 is 0 Å². The highest BCUT2D eigenvalue weighted by atomic mass is 35.5. The zero-order valence-electron chi connectivity index (χ0n) is 10.2. The highest BCUT2D eigenvalue weighted by Gasteiger charge is 2.10. The maximum absolute atomic E-state index is 5.95. The van der Waals surface area contributed by atoms with Gasteiger partial charge in [-0.05, 0) is 25.0 Å². The van der Waals surface area contributed by atoms with Crippen LogP contribution in [0.1, 0.15) is 17.8 Å². The van der Waals surface area contributed by atoms with E-state index < -0.39 is 0 Å². The summed E-state index contributed by atoms with van der Waals surface area (Å²) in [6.07, 6.45) is 0.972. The summed E-state index contributed by atoms with van der Waals surface area (Å²) in [7, 11) is 1.72. The van der Waals surface area contributed by atoms with E-state index in [-0.39, 0.29) is 0 Å². The minimum absolute atomic E-state index is 0.446. The Morgan fingerprint density at radius 1 is 1.41 bits per heavy atom. The van der Waals surface area contributed by atoms with E-state index in [4.69, 9.17) is 16.3 Å². The molecule has 1 aromatic heterocycles. The maximum Gasteiger partial charge on any atom is 0.124 e. The van der Waals surface area contributed by atoms with E-state index in [9.17, 15) is 0 Å². The highest BCUT2D eigenvalue weighted by molar-refractivity contribution is 6.16. The molecule has 0 bridgehead atoms. The van der Waals surface area contributed by atoms with Gasteiger partial charge in [0.2, 0.25) is 0 Å². The van der Waals surface area contributed by atoms with E-state index in [2.05, 4.69) is 22.5 Å². The maximum atomic E-state index is 5.95. The molecule has 0 radical (unpaired) electrons. The molecule has 0 N–H and O–H groups in total. The van der Waals surface area contributed by atoms with Gasteiger partial charge < -0.3 is 9.30 Å². The Hall–Kier alpha value is -1.06. The van der Waals surface area contributed by atoms with Gasteiger partial charge in [-0.1, -0.05) is 12.1 Å². The van der Waals surface area contributed by atoms with Crippen LogP contribution in [0.15, 0.2) is 18.2 Å². The van der Waals surface area contributed by atoms with Gasteiger partial charge in [0.15, 0.2) is 0 Å². The van der Waals surface area contributed by atoms with Crippen LogP contribution >= 0.6 is 11.6 Å². The second-order valence-corrected chi connectivity index (χ2v) is 4.37. The summed E-state index contributed by atoms with van der Waals surface area (Å²) < 4.78 is 7.29. The molecular weight excluding hydrogens is 236 g/mol. The number of imidazole rings is 1. The van der Waals surface area contributed by atoms with Crippen LogP contribution in [0.25, 0.3) is 11.0 Å². The topological polar surface area (TPSA) is 27.1 Å². The smallest absolute Gasteiger partial charge is 0.124 e. The van der Waals surface area contributed by atoms with Crippen LogP contribution in [0.5, 0.6) is 0 Å². The molecule has 1 heterocycles. The first-order valence-electron chi connectivity index (χ1n) is 5.77. The summed E-state index contributed by atoms with van der Waals surface area (Å²) in [6, 6.07) is 6.17. The summed E-state index contributed by atoms with van der Waals surface area (Å²) in [4.78, 5) is 4.56. The van der Waals surface area contributed by atoms with Crippen molar-refractivity contribution in [1.82, 2.24) is 9.55 Å². The minimum Gasteiger partial charge on any atom is -0.385 e. The normalized spacial score (nSPS) is 11.2. The molecule has 0 aliphatic rings. The Kier molecular flexibility index (Phi) is 4.02. The van der Waals surface area contributed by atoms with Gasteiger partial charge in [0, 0.05) is 20.3 Å². The fourth-order valence-electron chi connectivity index (χ4n) is 2.12. The van der Waals surface area contributed by atoms with E-state index in [1.165, 1.54) is 11.1 Å². The monoisotopic (exact) mass is 252 g/mol. The van der Waals surface area contributed by atoms with Crippen LogP contribution in [-0.2, 0) is 17.2 Å². The van der Waals surface area contributed by atoms with Crippen LogP contribution in [0, 0.1) is 6.92 Å². The van der Waals surface area contributed by atoms with Gasteiger partial charge in [-0.2, -0.15) is 0 Å². The predicted molar refractivity (Wildman–Crippen MR) is 70.5 cm³/mol. The lowest BCUT2D eigenvalue weighted by molar-refractivity contribution is 0.190. The number of benzene rings is 1. The number of methoxy groups -OCH3 is 1. The summed E-state index contributed by atoms with van der Waals surface area (Å²) in [5.74, 6) is 1.38. The number of aryl methyl sites for hydroxylation is 2. The predicted octanol–water partition coefficient (Wildman–Crippen LogP) is 3.12. The lowest BCUT2D eigenvalue weighted by Gasteiger charge is -2.08. The minimum atomic E-state index is 0.446. The molecule has 2 aromatic rings. The zero-order chi connectivity index (χ0) is 12.3. The molecule has 0 fully saturated rings. The number of para-hydroxylation sites is 1. The quantitative estimate of drug-likeness (QED) is 0.604. The molecule has 0 unspecified atom stereocenters. The molecule has 0 aliphatic carbocycles. The fourth-order valence-corrected chi connectivity index (χ4v) is 2.33.